The number of hydrogen-bond acceptors (Lipinski definition) is 2. The van der Waals surface area contributed by atoms with Gasteiger partial charge in [-0.15, -0.1) is 0 Å². The Bertz CT molecular complexity index is 453. The molecule has 0 spiro atoms. The highest BCUT2D eigenvalue weighted by molar-refractivity contribution is 9.10. The first-order chi connectivity index (χ1) is 8.61. The van der Waals surface area contributed by atoms with Crippen LogP contribution in [0.4, 0.5) is 5.69 Å². The van der Waals surface area contributed by atoms with E-state index < -0.39 is 0 Å². The lowest BCUT2D eigenvalue weighted by atomic mass is 9.98. The van der Waals surface area contributed by atoms with Gasteiger partial charge in [0.05, 0.1) is 17.0 Å². The molecule has 0 aliphatic carbocycles. The van der Waals surface area contributed by atoms with Crippen molar-refractivity contribution in [3.05, 3.63) is 27.7 Å². The second-order valence-corrected chi connectivity index (χ2v) is 5.59. The van der Waals surface area contributed by atoms with Crippen molar-refractivity contribution >= 4 is 39.1 Å². The summed E-state index contributed by atoms with van der Waals surface area (Å²) in [7, 11) is 0. The first-order valence-electron chi connectivity index (χ1n) is 5.99. The summed E-state index contributed by atoms with van der Waals surface area (Å²) in [5, 5.41) is 3.54. The van der Waals surface area contributed by atoms with Gasteiger partial charge in [0.1, 0.15) is 0 Å². The zero-order chi connectivity index (χ0) is 13.1. The molecule has 1 aliphatic heterocycles. The Balaban J connectivity index is 2.04. The molecule has 1 fully saturated rings. The minimum atomic E-state index is -0.0514. The first-order valence-corrected chi connectivity index (χ1v) is 7.16. The second kappa shape index (κ2) is 6.04. The summed E-state index contributed by atoms with van der Waals surface area (Å²) < 4.78 is 6.30. The van der Waals surface area contributed by atoms with Gasteiger partial charge in [0.25, 0.3) is 0 Å². The van der Waals surface area contributed by atoms with E-state index in [0.29, 0.717) is 11.6 Å². The number of hydrogen-bond donors (Lipinski definition) is 1. The van der Waals surface area contributed by atoms with Gasteiger partial charge in [-0.25, -0.2) is 0 Å². The minimum Gasteiger partial charge on any atom is -0.377 e. The van der Waals surface area contributed by atoms with Crippen LogP contribution >= 0.6 is 27.5 Å². The van der Waals surface area contributed by atoms with Crippen molar-refractivity contribution in [2.75, 3.05) is 11.9 Å². The van der Waals surface area contributed by atoms with Crippen LogP contribution < -0.4 is 5.32 Å². The van der Waals surface area contributed by atoms with E-state index >= 15 is 0 Å². The maximum atomic E-state index is 12.1. The fourth-order valence-electron chi connectivity index (χ4n) is 2.16. The number of carbonyl (C=O) groups excluding carboxylic acids is 1. The number of ether oxygens (including phenoxy) is 1. The Hall–Kier alpha value is -0.580. The molecule has 98 valence electrons. The second-order valence-electron chi connectivity index (χ2n) is 4.33. The third kappa shape index (κ3) is 3.05. The summed E-state index contributed by atoms with van der Waals surface area (Å²) in [4.78, 5) is 12.1. The van der Waals surface area contributed by atoms with E-state index in [1.165, 1.54) is 0 Å². The summed E-state index contributed by atoms with van der Waals surface area (Å²) in [6.07, 6.45) is 1.70. The van der Waals surface area contributed by atoms with Crippen molar-refractivity contribution < 1.29 is 9.53 Å². The highest BCUT2D eigenvalue weighted by Gasteiger charge is 2.32. The predicted molar refractivity (Wildman–Crippen MR) is 75.9 cm³/mol. The maximum absolute atomic E-state index is 12.1. The van der Waals surface area contributed by atoms with Crippen LogP contribution in [0.3, 0.4) is 0 Å². The summed E-state index contributed by atoms with van der Waals surface area (Å²) >= 11 is 9.25. The summed E-state index contributed by atoms with van der Waals surface area (Å²) in [5.41, 5.74) is 0.748. The number of carbonyl (C=O) groups is 1. The summed E-state index contributed by atoms with van der Waals surface area (Å²) in [6, 6.07) is 5.35. The Labute approximate surface area is 120 Å². The number of nitrogens with one attached hydrogen (secondary N) is 1. The fraction of sp³-hybridized carbons (Fsp3) is 0.462. The molecule has 1 aliphatic rings. The van der Waals surface area contributed by atoms with Crippen LogP contribution in [0.2, 0.25) is 5.02 Å². The molecule has 1 aromatic rings. The topological polar surface area (TPSA) is 38.3 Å². The molecule has 1 saturated heterocycles. The summed E-state index contributed by atoms with van der Waals surface area (Å²) in [6.45, 7) is 2.70. The third-order valence-corrected chi connectivity index (χ3v) is 4.35. The Morgan fingerprint density at radius 2 is 2.39 bits per heavy atom. The predicted octanol–water partition coefficient (Wildman–Crippen LogP) is 3.86. The molecule has 1 aromatic carbocycles. The number of rotatable bonds is 3. The Morgan fingerprint density at radius 1 is 1.61 bits per heavy atom. The van der Waals surface area contributed by atoms with Gasteiger partial charge in [-0.2, -0.15) is 0 Å². The van der Waals surface area contributed by atoms with Crippen molar-refractivity contribution in [1.82, 2.24) is 0 Å². The first kappa shape index (κ1) is 13.8. The molecule has 0 bridgehead atoms. The lowest BCUT2D eigenvalue weighted by Gasteiger charge is -2.16. The summed E-state index contributed by atoms with van der Waals surface area (Å²) in [5.74, 6) is -0.0296. The molecule has 5 heteroatoms. The van der Waals surface area contributed by atoms with Crippen molar-refractivity contribution in [1.29, 1.82) is 0 Å². The van der Waals surface area contributed by atoms with E-state index in [-0.39, 0.29) is 17.9 Å². The fourth-order valence-corrected chi connectivity index (χ4v) is 2.66. The van der Waals surface area contributed by atoms with Crippen LogP contribution in [0, 0.1) is 5.92 Å². The van der Waals surface area contributed by atoms with Gasteiger partial charge in [0, 0.05) is 16.8 Å². The highest BCUT2D eigenvalue weighted by Crippen LogP contribution is 2.28. The molecule has 0 saturated carbocycles. The molecule has 1 N–H and O–H groups in total. The van der Waals surface area contributed by atoms with Crippen molar-refractivity contribution in [3.63, 3.8) is 0 Å². The molecule has 2 atom stereocenters. The molecule has 2 rings (SSSR count). The van der Waals surface area contributed by atoms with Gasteiger partial charge in [-0.3, -0.25) is 4.79 Å². The Morgan fingerprint density at radius 3 is 3.06 bits per heavy atom. The normalized spacial score (nSPS) is 23.1. The van der Waals surface area contributed by atoms with Crippen LogP contribution in [-0.2, 0) is 9.53 Å². The molecule has 1 amide bonds. The van der Waals surface area contributed by atoms with Gasteiger partial charge in [-0.05, 0) is 47.0 Å². The van der Waals surface area contributed by atoms with Crippen LogP contribution in [-0.4, -0.2) is 18.6 Å². The van der Waals surface area contributed by atoms with Gasteiger partial charge >= 0.3 is 0 Å². The monoisotopic (exact) mass is 331 g/mol. The van der Waals surface area contributed by atoms with Gasteiger partial charge in [0.15, 0.2) is 0 Å². The van der Waals surface area contributed by atoms with E-state index in [0.717, 1.165) is 23.0 Å². The van der Waals surface area contributed by atoms with Crippen LogP contribution in [0.1, 0.15) is 19.8 Å². The molecular weight excluding hydrogens is 318 g/mol. The van der Waals surface area contributed by atoms with Crippen LogP contribution in [0.25, 0.3) is 0 Å². The number of halogens is 2. The van der Waals surface area contributed by atoms with Crippen molar-refractivity contribution in [2.45, 2.75) is 25.9 Å². The largest absolute Gasteiger partial charge is 0.377 e. The van der Waals surface area contributed by atoms with Crippen LogP contribution in [0.5, 0.6) is 0 Å². The quantitative estimate of drug-likeness (QED) is 0.913. The van der Waals surface area contributed by atoms with E-state index in [1.54, 1.807) is 18.2 Å². The van der Waals surface area contributed by atoms with Gasteiger partial charge in [0.2, 0.25) is 5.91 Å². The average molecular weight is 333 g/mol. The molecule has 18 heavy (non-hydrogen) atoms. The number of amides is 1. The molecule has 0 radical (unpaired) electrons. The SMILES string of the molecule is CCC1OCCC1C(=O)Nc1ccc(Cl)c(Br)c1. The molecule has 1 heterocycles. The van der Waals surface area contributed by atoms with E-state index in [9.17, 15) is 4.79 Å². The van der Waals surface area contributed by atoms with Crippen molar-refractivity contribution in [2.24, 2.45) is 5.92 Å². The number of anilines is 1. The van der Waals surface area contributed by atoms with Gasteiger partial charge < -0.3 is 10.1 Å². The minimum absolute atomic E-state index is 0.0218. The number of benzene rings is 1. The molecule has 3 nitrogen and oxygen atoms in total. The van der Waals surface area contributed by atoms with E-state index in [1.807, 2.05) is 6.92 Å². The zero-order valence-electron chi connectivity index (χ0n) is 10.1. The standard InChI is InChI=1S/C13H15BrClNO2/c1-2-12-9(5-6-18-12)13(17)16-8-3-4-11(15)10(14)7-8/h3-4,7,9,12H,2,5-6H2,1H3,(H,16,17). The zero-order valence-corrected chi connectivity index (χ0v) is 12.4. The van der Waals surface area contributed by atoms with Crippen molar-refractivity contribution in [3.8, 4) is 0 Å². The van der Waals surface area contributed by atoms with E-state index in [2.05, 4.69) is 21.2 Å². The molecule has 2 unspecified atom stereocenters. The maximum Gasteiger partial charge on any atom is 0.230 e. The lowest BCUT2D eigenvalue weighted by molar-refractivity contribution is -0.121. The van der Waals surface area contributed by atoms with Gasteiger partial charge in [-0.1, -0.05) is 18.5 Å². The Kier molecular flexibility index (Phi) is 4.65. The molecular formula is C13H15BrClNO2. The van der Waals surface area contributed by atoms with E-state index in [4.69, 9.17) is 16.3 Å². The highest BCUT2D eigenvalue weighted by atomic mass is 79.9. The van der Waals surface area contributed by atoms with Crippen LogP contribution in [0.15, 0.2) is 22.7 Å². The molecule has 0 aromatic heterocycles. The average Bonchev–Trinajstić information content (AvgIpc) is 2.82. The smallest absolute Gasteiger partial charge is 0.230 e. The third-order valence-electron chi connectivity index (χ3n) is 3.14. The lowest BCUT2D eigenvalue weighted by Crippen LogP contribution is -2.29.